The van der Waals surface area contributed by atoms with E-state index in [0.717, 1.165) is 35.6 Å². The maximum absolute atomic E-state index is 6.04. The molecule has 2 unspecified atom stereocenters. The zero-order valence-corrected chi connectivity index (χ0v) is 13.8. The van der Waals surface area contributed by atoms with Gasteiger partial charge in [0.05, 0.1) is 11.1 Å². The lowest BCUT2D eigenvalue weighted by molar-refractivity contribution is 0.0903. The average molecular weight is 347 g/mol. The van der Waals surface area contributed by atoms with E-state index in [2.05, 4.69) is 47.2 Å². The van der Waals surface area contributed by atoms with Crippen LogP contribution in [0.25, 0.3) is 0 Å². The Morgan fingerprint density at radius 1 is 1.47 bits per heavy atom. The van der Waals surface area contributed by atoms with Crippen LogP contribution in [0, 0.1) is 11.8 Å². The summed E-state index contributed by atoms with van der Waals surface area (Å²) in [6, 6.07) is 6.08. The third kappa shape index (κ3) is 4.19. The molecule has 106 valence electrons. The Labute approximate surface area is 129 Å². The highest BCUT2D eigenvalue weighted by molar-refractivity contribution is 9.10. The average Bonchev–Trinajstić information content (AvgIpc) is 2.80. The summed E-state index contributed by atoms with van der Waals surface area (Å²) in [5.41, 5.74) is 1.21. The fourth-order valence-corrected chi connectivity index (χ4v) is 2.97. The normalized spacial score (nSPS) is 23.2. The number of ether oxygens (including phenoxy) is 1. The van der Waals surface area contributed by atoms with E-state index in [0.29, 0.717) is 11.8 Å². The highest BCUT2D eigenvalue weighted by atomic mass is 79.9. The second kappa shape index (κ2) is 7.07. The Bertz CT molecular complexity index is 425. The molecular formula is C15H21BrClNO. The molecule has 0 spiro atoms. The monoisotopic (exact) mass is 345 g/mol. The van der Waals surface area contributed by atoms with Crippen LogP contribution in [-0.2, 0) is 4.74 Å². The van der Waals surface area contributed by atoms with Gasteiger partial charge in [0.2, 0.25) is 0 Å². The maximum Gasteiger partial charge on any atom is 0.0866 e. The summed E-state index contributed by atoms with van der Waals surface area (Å²) in [5.74, 6) is 1.23. The van der Waals surface area contributed by atoms with Gasteiger partial charge in [0.25, 0.3) is 0 Å². The molecule has 0 radical (unpaired) electrons. The zero-order chi connectivity index (χ0) is 13.8. The molecule has 0 amide bonds. The summed E-state index contributed by atoms with van der Waals surface area (Å²) in [6.07, 6.45) is 1.31. The number of nitrogens with one attached hydrogen (secondary N) is 1. The van der Waals surface area contributed by atoms with Gasteiger partial charge in [-0.15, -0.1) is 0 Å². The van der Waals surface area contributed by atoms with Crippen molar-refractivity contribution in [2.24, 2.45) is 11.8 Å². The minimum absolute atomic E-state index is 0.188. The Hall–Kier alpha value is -0.0900. The van der Waals surface area contributed by atoms with Gasteiger partial charge in [0.1, 0.15) is 0 Å². The Balaban J connectivity index is 1.99. The second-order valence-corrected chi connectivity index (χ2v) is 6.83. The van der Waals surface area contributed by atoms with E-state index in [1.54, 1.807) is 0 Å². The number of rotatable bonds is 5. The molecule has 0 bridgehead atoms. The number of hydrogen-bond acceptors (Lipinski definition) is 2. The van der Waals surface area contributed by atoms with Crippen LogP contribution in [-0.4, -0.2) is 19.7 Å². The molecule has 1 aliphatic heterocycles. The fourth-order valence-electron chi connectivity index (χ4n) is 2.46. The van der Waals surface area contributed by atoms with Gasteiger partial charge < -0.3 is 10.1 Å². The summed E-state index contributed by atoms with van der Waals surface area (Å²) in [5, 5.41) is 4.28. The number of halogens is 2. The number of benzene rings is 1. The van der Waals surface area contributed by atoms with Crippen molar-refractivity contribution in [2.45, 2.75) is 26.4 Å². The van der Waals surface area contributed by atoms with E-state index < -0.39 is 0 Å². The SMILES string of the molecule is CC(C)CNCC1CCOC1c1ccc(Cl)c(Br)c1. The van der Waals surface area contributed by atoms with Crippen LogP contribution < -0.4 is 5.32 Å². The van der Waals surface area contributed by atoms with E-state index >= 15 is 0 Å². The molecule has 2 rings (SSSR count). The topological polar surface area (TPSA) is 21.3 Å². The smallest absolute Gasteiger partial charge is 0.0866 e. The van der Waals surface area contributed by atoms with Crippen molar-refractivity contribution in [2.75, 3.05) is 19.7 Å². The molecule has 1 heterocycles. The lowest BCUT2D eigenvalue weighted by Gasteiger charge is -2.20. The second-order valence-electron chi connectivity index (χ2n) is 5.57. The Morgan fingerprint density at radius 2 is 2.26 bits per heavy atom. The molecule has 1 aromatic carbocycles. The first-order valence-electron chi connectivity index (χ1n) is 6.85. The van der Waals surface area contributed by atoms with E-state index in [1.165, 1.54) is 5.56 Å². The molecule has 1 aliphatic rings. The van der Waals surface area contributed by atoms with Crippen LogP contribution in [0.1, 0.15) is 31.9 Å². The molecule has 4 heteroatoms. The third-order valence-corrected chi connectivity index (χ3v) is 4.66. The van der Waals surface area contributed by atoms with Crippen LogP contribution in [0.3, 0.4) is 0 Å². The number of hydrogen-bond donors (Lipinski definition) is 1. The van der Waals surface area contributed by atoms with E-state index in [9.17, 15) is 0 Å². The van der Waals surface area contributed by atoms with E-state index in [-0.39, 0.29) is 6.10 Å². The first-order chi connectivity index (χ1) is 9.08. The minimum atomic E-state index is 0.188. The van der Waals surface area contributed by atoms with Crippen molar-refractivity contribution in [3.8, 4) is 0 Å². The van der Waals surface area contributed by atoms with Crippen LogP contribution in [0.2, 0.25) is 5.02 Å². The predicted molar refractivity (Wildman–Crippen MR) is 83.7 cm³/mol. The lowest BCUT2D eigenvalue weighted by atomic mass is 9.95. The molecule has 2 nitrogen and oxygen atoms in total. The summed E-state index contributed by atoms with van der Waals surface area (Å²) >= 11 is 9.52. The van der Waals surface area contributed by atoms with Gasteiger partial charge in [0, 0.05) is 23.5 Å². The summed E-state index contributed by atoms with van der Waals surface area (Å²) in [7, 11) is 0. The molecule has 1 saturated heterocycles. The van der Waals surface area contributed by atoms with Gasteiger partial charge in [-0.05, 0) is 52.5 Å². The van der Waals surface area contributed by atoms with Gasteiger partial charge in [-0.2, -0.15) is 0 Å². The van der Waals surface area contributed by atoms with Crippen LogP contribution in [0.5, 0.6) is 0 Å². The summed E-state index contributed by atoms with van der Waals surface area (Å²) in [6.45, 7) is 7.38. The molecule has 2 atom stereocenters. The van der Waals surface area contributed by atoms with Crippen molar-refractivity contribution in [3.05, 3.63) is 33.3 Å². The lowest BCUT2D eigenvalue weighted by Crippen LogP contribution is -2.27. The summed E-state index contributed by atoms with van der Waals surface area (Å²) in [4.78, 5) is 0. The Kier molecular flexibility index (Phi) is 5.70. The quantitative estimate of drug-likeness (QED) is 0.852. The zero-order valence-electron chi connectivity index (χ0n) is 11.5. The standard InChI is InChI=1S/C15H21BrClNO/c1-10(2)8-18-9-12-5-6-19-15(12)11-3-4-14(17)13(16)7-11/h3-4,7,10,12,15,18H,5-6,8-9H2,1-2H3. The molecular weight excluding hydrogens is 326 g/mol. The van der Waals surface area contributed by atoms with Gasteiger partial charge in [-0.3, -0.25) is 0 Å². The molecule has 1 N–H and O–H groups in total. The van der Waals surface area contributed by atoms with Crippen molar-refractivity contribution >= 4 is 27.5 Å². The van der Waals surface area contributed by atoms with Crippen LogP contribution in [0.4, 0.5) is 0 Å². The van der Waals surface area contributed by atoms with Gasteiger partial charge in [0.15, 0.2) is 0 Å². The fraction of sp³-hybridized carbons (Fsp3) is 0.600. The Morgan fingerprint density at radius 3 is 2.95 bits per heavy atom. The first kappa shape index (κ1) is 15.3. The largest absolute Gasteiger partial charge is 0.373 e. The van der Waals surface area contributed by atoms with Gasteiger partial charge in [-0.25, -0.2) is 0 Å². The molecule has 19 heavy (non-hydrogen) atoms. The van der Waals surface area contributed by atoms with Crippen molar-refractivity contribution in [1.82, 2.24) is 5.32 Å². The first-order valence-corrected chi connectivity index (χ1v) is 8.02. The van der Waals surface area contributed by atoms with Crippen LogP contribution in [0.15, 0.2) is 22.7 Å². The van der Waals surface area contributed by atoms with Crippen molar-refractivity contribution in [3.63, 3.8) is 0 Å². The van der Waals surface area contributed by atoms with Crippen LogP contribution >= 0.6 is 27.5 Å². The van der Waals surface area contributed by atoms with Gasteiger partial charge >= 0.3 is 0 Å². The van der Waals surface area contributed by atoms with Crippen molar-refractivity contribution in [1.29, 1.82) is 0 Å². The molecule has 1 aromatic rings. The maximum atomic E-state index is 6.04. The molecule has 0 aliphatic carbocycles. The highest BCUT2D eigenvalue weighted by Crippen LogP contribution is 2.36. The van der Waals surface area contributed by atoms with Gasteiger partial charge in [-0.1, -0.05) is 31.5 Å². The van der Waals surface area contributed by atoms with Crippen molar-refractivity contribution < 1.29 is 4.74 Å². The predicted octanol–water partition coefficient (Wildman–Crippen LogP) is 4.43. The molecule has 1 fully saturated rings. The minimum Gasteiger partial charge on any atom is -0.373 e. The molecule has 0 aromatic heterocycles. The molecule has 0 saturated carbocycles. The third-order valence-electron chi connectivity index (χ3n) is 3.45. The highest BCUT2D eigenvalue weighted by Gasteiger charge is 2.29. The summed E-state index contributed by atoms with van der Waals surface area (Å²) < 4.78 is 6.84. The van der Waals surface area contributed by atoms with E-state index in [4.69, 9.17) is 16.3 Å². The van der Waals surface area contributed by atoms with E-state index in [1.807, 2.05) is 6.07 Å².